The molecule has 0 aliphatic heterocycles. The highest BCUT2D eigenvalue weighted by Crippen LogP contribution is 2.16. The number of aromatic nitrogens is 2. The van der Waals surface area contributed by atoms with Crippen molar-refractivity contribution < 1.29 is 9.18 Å². The number of carbonyl (C=O) groups is 1. The van der Waals surface area contributed by atoms with E-state index in [4.69, 9.17) is 0 Å². The summed E-state index contributed by atoms with van der Waals surface area (Å²) in [5.74, 6) is -0.455. The van der Waals surface area contributed by atoms with Gasteiger partial charge in [0, 0.05) is 19.3 Å². The lowest BCUT2D eigenvalue weighted by atomic mass is 10.1. The van der Waals surface area contributed by atoms with Crippen LogP contribution in [-0.2, 0) is 6.54 Å². The fraction of sp³-hybridized carbons (Fsp3) is 0.158. The summed E-state index contributed by atoms with van der Waals surface area (Å²) >= 11 is 0. The average molecular weight is 323 g/mol. The Morgan fingerprint density at radius 2 is 1.88 bits per heavy atom. The summed E-state index contributed by atoms with van der Waals surface area (Å²) < 4.78 is 14.8. The molecule has 24 heavy (non-hydrogen) atoms. The van der Waals surface area contributed by atoms with E-state index in [1.54, 1.807) is 35.0 Å². The standard InChI is InChI=1S/C19H18FN3O/c1-14-5-3-4-6-15(14)12-22(2)19(24)18-11-21-13-23(18)17-9-7-16(20)8-10-17/h3-11,13H,12H2,1-2H3. The van der Waals surface area contributed by atoms with Crippen molar-refractivity contribution >= 4 is 5.91 Å². The fourth-order valence-corrected chi connectivity index (χ4v) is 2.57. The van der Waals surface area contributed by atoms with Crippen molar-refractivity contribution in [2.45, 2.75) is 13.5 Å². The maximum Gasteiger partial charge on any atom is 0.272 e. The van der Waals surface area contributed by atoms with Crippen LogP contribution in [0.4, 0.5) is 4.39 Å². The molecule has 0 aliphatic rings. The lowest BCUT2D eigenvalue weighted by Gasteiger charge is -2.19. The summed E-state index contributed by atoms with van der Waals surface area (Å²) in [4.78, 5) is 18.5. The second kappa shape index (κ2) is 6.66. The minimum atomic E-state index is -0.316. The molecule has 0 unspecified atom stereocenters. The summed E-state index contributed by atoms with van der Waals surface area (Å²) in [6.07, 6.45) is 3.09. The van der Waals surface area contributed by atoms with Gasteiger partial charge in [-0.25, -0.2) is 9.37 Å². The first-order valence-electron chi connectivity index (χ1n) is 7.64. The van der Waals surface area contributed by atoms with Crippen LogP contribution in [0.3, 0.4) is 0 Å². The van der Waals surface area contributed by atoms with Gasteiger partial charge in [-0.3, -0.25) is 9.36 Å². The van der Waals surface area contributed by atoms with Crippen molar-refractivity contribution in [2.75, 3.05) is 7.05 Å². The molecule has 122 valence electrons. The van der Waals surface area contributed by atoms with Crippen LogP contribution in [0, 0.1) is 12.7 Å². The molecule has 3 rings (SSSR count). The third-order valence-corrected chi connectivity index (χ3v) is 3.98. The Balaban J connectivity index is 1.84. The molecule has 0 atom stereocenters. The number of carbonyl (C=O) groups excluding carboxylic acids is 1. The van der Waals surface area contributed by atoms with Gasteiger partial charge in [0.15, 0.2) is 0 Å². The van der Waals surface area contributed by atoms with Gasteiger partial charge < -0.3 is 4.90 Å². The molecule has 0 radical (unpaired) electrons. The maximum atomic E-state index is 13.1. The van der Waals surface area contributed by atoms with Crippen molar-refractivity contribution in [3.8, 4) is 5.69 Å². The van der Waals surface area contributed by atoms with Gasteiger partial charge in [-0.15, -0.1) is 0 Å². The Morgan fingerprint density at radius 1 is 1.17 bits per heavy atom. The number of hydrogen-bond acceptors (Lipinski definition) is 2. The predicted molar refractivity (Wildman–Crippen MR) is 90.5 cm³/mol. The number of benzene rings is 2. The molecule has 0 bridgehead atoms. The molecule has 1 heterocycles. The topological polar surface area (TPSA) is 38.1 Å². The van der Waals surface area contributed by atoms with Crippen molar-refractivity contribution in [1.29, 1.82) is 0 Å². The quantitative estimate of drug-likeness (QED) is 0.736. The van der Waals surface area contributed by atoms with E-state index in [9.17, 15) is 9.18 Å². The Labute approximate surface area is 140 Å². The highest BCUT2D eigenvalue weighted by atomic mass is 19.1. The van der Waals surface area contributed by atoms with Crippen LogP contribution in [-0.4, -0.2) is 27.4 Å². The Hall–Kier alpha value is -2.95. The molecule has 0 saturated carbocycles. The van der Waals surface area contributed by atoms with E-state index >= 15 is 0 Å². The van der Waals surface area contributed by atoms with E-state index in [2.05, 4.69) is 4.98 Å². The first-order chi connectivity index (χ1) is 11.6. The molecule has 0 N–H and O–H groups in total. The second-order valence-electron chi connectivity index (χ2n) is 5.71. The van der Waals surface area contributed by atoms with Crippen LogP contribution in [0.15, 0.2) is 61.1 Å². The number of hydrogen-bond donors (Lipinski definition) is 0. The Bertz CT molecular complexity index is 855. The van der Waals surface area contributed by atoms with Gasteiger partial charge in [-0.05, 0) is 42.3 Å². The molecular weight excluding hydrogens is 305 g/mol. The number of nitrogens with zero attached hydrogens (tertiary/aromatic N) is 3. The van der Waals surface area contributed by atoms with Crippen molar-refractivity contribution in [2.24, 2.45) is 0 Å². The first kappa shape index (κ1) is 15.9. The third-order valence-electron chi connectivity index (χ3n) is 3.98. The number of rotatable bonds is 4. The minimum Gasteiger partial charge on any atom is -0.336 e. The summed E-state index contributed by atoms with van der Waals surface area (Å²) in [6.45, 7) is 2.54. The van der Waals surface area contributed by atoms with E-state index < -0.39 is 0 Å². The van der Waals surface area contributed by atoms with E-state index in [0.717, 1.165) is 11.1 Å². The molecule has 0 spiro atoms. The lowest BCUT2D eigenvalue weighted by molar-refractivity contribution is 0.0777. The minimum absolute atomic E-state index is 0.139. The second-order valence-corrected chi connectivity index (χ2v) is 5.71. The molecule has 4 nitrogen and oxygen atoms in total. The average Bonchev–Trinajstić information content (AvgIpc) is 3.06. The molecule has 3 aromatic rings. The number of aryl methyl sites for hydroxylation is 1. The summed E-state index contributed by atoms with van der Waals surface area (Å²) in [5, 5.41) is 0. The molecule has 0 saturated heterocycles. The Kier molecular flexibility index (Phi) is 4.42. The van der Waals surface area contributed by atoms with Crippen LogP contribution in [0.1, 0.15) is 21.6 Å². The predicted octanol–water partition coefficient (Wildman–Crippen LogP) is 3.59. The van der Waals surface area contributed by atoms with Gasteiger partial charge >= 0.3 is 0 Å². The number of imidazole rings is 1. The molecule has 2 aromatic carbocycles. The highest BCUT2D eigenvalue weighted by molar-refractivity contribution is 5.92. The lowest BCUT2D eigenvalue weighted by Crippen LogP contribution is -2.28. The van der Waals surface area contributed by atoms with Crippen LogP contribution >= 0.6 is 0 Å². The smallest absolute Gasteiger partial charge is 0.272 e. The zero-order chi connectivity index (χ0) is 17.1. The molecule has 1 aromatic heterocycles. The van der Waals surface area contributed by atoms with Crippen LogP contribution < -0.4 is 0 Å². The van der Waals surface area contributed by atoms with Crippen molar-refractivity contribution in [1.82, 2.24) is 14.5 Å². The zero-order valence-corrected chi connectivity index (χ0v) is 13.6. The normalized spacial score (nSPS) is 10.6. The van der Waals surface area contributed by atoms with E-state index in [1.807, 2.05) is 31.2 Å². The van der Waals surface area contributed by atoms with Crippen LogP contribution in [0.25, 0.3) is 5.69 Å². The zero-order valence-electron chi connectivity index (χ0n) is 13.6. The number of halogens is 1. The molecule has 0 fully saturated rings. The highest BCUT2D eigenvalue weighted by Gasteiger charge is 2.18. The first-order valence-corrected chi connectivity index (χ1v) is 7.64. The monoisotopic (exact) mass is 323 g/mol. The van der Waals surface area contributed by atoms with E-state index in [1.165, 1.54) is 18.3 Å². The molecular formula is C19H18FN3O. The molecule has 1 amide bonds. The van der Waals surface area contributed by atoms with Crippen molar-refractivity contribution in [3.05, 3.63) is 83.7 Å². The molecule has 0 aliphatic carbocycles. The van der Waals surface area contributed by atoms with Gasteiger partial charge in [0.2, 0.25) is 0 Å². The largest absolute Gasteiger partial charge is 0.336 e. The van der Waals surface area contributed by atoms with E-state index in [0.29, 0.717) is 17.9 Å². The summed E-state index contributed by atoms with van der Waals surface area (Å²) in [7, 11) is 1.76. The summed E-state index contributed by atoms with van der Waals surface area (Å²) in [6, 6.07) is 13.9. The fourth-order valence-electron chi connectivity index (χ4n) is 2.57. The molecule has 5 heteroatoms. The van der Waals surface area contributed by atoms with Crippen molar-refractivity contribution in [3.63, 3.8) is 0 Å². The van der Waals surface area contributed by atoms with Gasteiger partial charge in [-0.2, -0.15) is 0 Å². The van der Waals surface area contributed by atoms with Gasteiger partial charge in [-0.1, -0.05) is 24.3 Å². The maximum absolute atomic E-state index is 13.1. The number of amides is 1. The summed E-state index contributed by atoms with van der Waals surface area (Å²) in [5.41, 5.74) is 3.38. The van der Waals surface area contributed by atoms with E-state index in [-0.39, 0.29) is 11.7 Å². The van der Waals surface area contributed by atoms with Gasteiger partial charge in [0.1, 0.15) is 11.5 Å². The van der Waals surface area contributed by atoms with Crippen LogP contribution in [0.2, 0.25) is 0 Å². The van der Waals surface area contributed by atoms with Gasteiger partial charge in [0.05, 0.1) is 12.5 Å². The third kappa shape index (κ3) is 3.20. The Morgan fingerprint density at radius 3 is 2.58 bits per heavy atom. The van der Waals surface area contributed by atoms with Gasteiger partial charge in [0.25, 0.3) is 5.91 Å². The van der Waals surface area contributed by atoms with Crippen LogP contribution in [0.5, 0.6) is 0 Å². The SMILES string of the molecule is Cc1ccccc1CN(C)C(=O)c1cncn1-c1ccc(F)cc1.